The van der Waals surface area contributed by atoms with Crippen LogP contribution >= 0.6 is 12.2 Å². The average Bonchev–Trinajstić information content (AvgIpc) is 3.37. The van der Waals surface area contributed by atoms with E-state index in [2.05, 4.69) is 16.4 Å². The third kappa shape index (κ3) is 7.20. The van der Waals surface area contributed by atoms with Crippen LogP contribution in [0, 0.1) is 11.3 Å². The topological polar surface area (TPSA) is 56.9 Å². The SMILES string of the molecule is N#Cc1ccc(Cn2cncc2CCN(Cc2ccccc2C(F)(F)F)C(=S)NCc2ccccc2)cc1. The first-order valence-corrected chi connectivity index (χ1v) is 12.4. The third-order valence-corrected chi connectivity index (χ3v) is 6.53. The monoisotopic (exact) mass is 533 g/mol. The van der Waals surface area contributed by atoms with Crippen LogP contribution in [0.5, 0.6) is 0 Å². The van der Waals surface area contributed by atoms with Gasteiger partial charge in [0, 0.05) is 44.5 Å². The lowest BCUT2D eigenvalue weighted by atomic mass is 10.1. The molecule has 9 heteroatoms. The molecular weight excluding hydrogens is 507 g/mol. The van der Waals surface area contributed by atoms with E-state index >= 15 is 0 Å². The molecule has 0 spiro atoms. The molecule has 1 aromatic heterocycles. The summed E-state index contributed by atoms with van der Waals surface area (Å²) in [5, 5.41) is 12.6. The standard InChI is InChI=1S/C29H26F3N5S/c30-29(31,32)27-9-5-4-8-25(27)20-36(28(38)35-17-23-6-2-1-3-7-23)15-14-26-18-34-21-37(26)19-24-12-10-22(16-33)11-13-24/h1-13,18,21H,14-15,17,19-20H2,(H,35,38). The van der Waals surface area contributed by atoms with Gasteiger partial charge in [0.25, 0.3) is 0 Å². The van der Waals surface area contributed by atoms with Gasteiger partial charge in [0.1, 0.15) is 0 Å². The number of thiocarbonyl (C=S) groups is 1. The fraction of sp³-hybridized carbons (Fsp3) is 0.207. The summed E-state index contributed by atoms with van der Waals surface area (Å²) in [5.41, 5.74) is 3.04. The molecule has 0 aliphatic heterocycles. The molecule has 4 rings (SSSR count). The number of nitriles is 1. The molecule has 0 saturated heterocycles. The lowest BCUT2D eigenvalue weighted by Crippen LogP contribution is -2.40. The van der Waals surface area contributed by atoms with Gasteiger partial charge in [-0.3, -0.25) is 0 Å². The third-order valence-electron chi connectivity index (χ3n) is 6.13. The first-order valence-electron chi connectivity index (χ1n) is 12.0. The molecule has 38 heavy (non-hydrogen) atoms. The summed E-state index contributed by atoms with van der Waals surface area (Å²) < 4.78 is 43.1. The van der Waals surface area contributed by atoms with Crippen molar-refractivity contribution in [3.63, 3.8) is 0 Å². The fourth-order valence-electron chi connectivity index (χ4n) is 4.11. The van der Waals surface area contributed by atoms with Crippen LogP contribution in [0.2, 0.25) is 0 Å². The molecule has 0 amide bonds. The minimum atomic E-state index is -4.46. The van der Waals surface area contributed by atoms with Gasteiger partial charge in [-0.2, -0.15) is 18.4 Å². The first-order chi connectivity index (χ1) is 18.3. The Hall–Kier alpha value is -4.16. The summed E-state index contributed by atoms with van der Waals surface area (Å²) in [7, 11) is 0. The summed E-state index contributed by atoms with van der Waals surface area (Å²) >= 11 is 5.65. The highest BCUT2D eigenvalue weighted by Gasteiger charge is 2.33. The maximum atomic E-state index is 13.7. The van der Waals surface area contributed by atoms with Crippen LogP contribution in [0.4, 0.5) is 13.2 Å². The van der Waals surface area contributed by atoms with Crippen LogP contribution in [0.3, 0.4) is 0 Å². The number of alkyl halides is 3. The van der Waals surface area contributed by atoms with E-state index in [4.69, 9.17) is 17.5 Å². The largest absolute Gasteiger partial charge is 0.416 e. The molecule has 0 saturated carbocycles. The number of imidazole rings is 1. The second-order valence-corrected chi connectivity index (χ2v) is 9.18. The molecule has 0 unspecified atom stereocenters. The van der Waals surface area contributed by atoms with Crippen molar-refractivity contribution in [1.29, 1.82) is 5.26 Å². The Kier molecular flexibility index (Phi) is 8.77. The summed E-state index contributed by atoms with van der Waals surface area (Å²) in [6.07, 6.45) is -0.451. The summed E-state index contributed by atoms with van der Waals surface area (Å²) in [6.45, 7) is 1.44. The van der Waals surface area contributed by atoms with Gasteiger partial charge in [-0.05, 0) is 47.1 Å². The smallest absolute Gasteiger partial charge is 0.358 e. The molecule has 1 N–H and O–H groups in total. The first kappa shape index (κ1) is 26.9. The van der Waals surface area contributed by atoms with Crippen molar-refractivity contribution in [2.24, 2.45) is 0 Å². The van der Waals surface area contributed by atoms with E-state index in [1.807, 2.05) is 47.0 Å². The van der Waals surface area contributed by atoms with Crippen molar-refractivity contribution in [2.45, 2.75) is 32.2 Å². The van der Waals surface area contributed by atoms with E-state index < -0.39 is 11.7 Å². The highest BCUT2D eigenvalue weighted by molar-refractivity contribution is 7.80. The molecule has 1 heterocycles. The van der Waals surface area contributed by atoms with E-state index in [9.17, 15) is 13.2 Å². The van der Waals surface area contributed by atoms with Gasteiger partial charge in [-0.25, -0.2) is 4.98 Å². The number of rotatable bonds is 9. The van der Waals surface area contributed by atoms with Gasteiger partial charge in [-0.15, -0.1) is 0 Å². The number of benzene rings is 3. The summed E-state index contributed by atoms with van der Waals surface area (Å²) in [5.74, 6) is 0. The van der Waals surface area contributed by atoms with Crippen molar-refractivity contribution >= 4 is 17.3 Å². The Labute approximate surface area is 225 Å². The van der Waals surface area contributed by atoms with Gasteiger partial charge in [0.15, 0.2) is 5.11 Å². The molecule has 5 nitrogen and oxygen atoms in total. The number of hydrogen-bond acceptors (Lipinski definition) is 3. The Morgan fingerprint density at radius 3 is 2.39 bits per heavy atom. The van der Waals surface area contributed by atoms with E-state index in [0.29, 0.717) is 36.7 Å². The van der Waals surface area contributed by atoms with Crippen molar-refractivity contribution < 1.29 is 13.2 Å². The number of hydrogen-bond donors (Lipinski definition) is 1. The molecule has 3 aromatic carbocycles. The number of nitrogens with one attached hydrogen (secondary N) is 1. The van der Waals surface area contributed by atoms with Gasteiger partial charge in [0.05, 0.1) is 23.5 Å². The van der Waals surface area contributed by atoms with Crippen LogP contribution in [0.25, 0.3) is 0 Å². The van der Waals surface area contributed by atoms with E-state index in [1.165, 1.54) is 12.1 Å². The molecule has 4 aromatic rings. The van der Waals surface area contributed by atoms with Gasteiger partial charge < -0.3 is 14.8 Å². The van der Waals surface area contributed by atoms with Crippen molar-refractivity contribution in [3.05, 3.63) is 125 Å². The van der Waals surface area contributed by atoms with E-state index in [0.717, 1.165) is 22.9 Å². The molecule has 0 bridgehead atoms. The molecule has 0 aliphatic rings. The number of aromatic nitrogens is 2. The fourth-order valence-corrected chi connectivity index (χ4v) is 4.34. The Balaban J connectivity index is 1.50. The van der Waals surface area contributed by atoms with Crippen molar-refractivity contribution in [1.82, 2.24) is 19.8 Å². The summed E-state index contributed by atoms with van der Waals surface area (Å²) in [6, 6.07) is 24.7. The molecule has 194 valence electrons. The minimum Gasteiger partial charge on any atom is -0.358 e. The normalized spacial score (nSPS) is 11.1. The van der Waals surface area contributed by atoms with Crippen LogP contribution in [-0.4, -0.2) is 26.1 Å². The predicted octanol–water partition coefficient (Wildman–Crippen LogP) is 5.94. The van der Waals surface area contributed by atoms with Crippen molar-refractivity contribution in [3.8, 4) is 6.07 Å². The maximum absolute atomic E-state index is 13.7. The Morgan fingerprint density at radius 2 is 1.68 bits per heavy atom. The minimum absolute atomic E-state index is 0.0140. The quantitative estimate of drug-likeness (QED) is 0.270. The van der Waals surface area contributed by atoms with Gasteiger partial charge >= 0.3 is 6.18 Å². The molecule has 0 atom stereocenters. The van der Waals surface area contributed by atoms with Gasteiger partial charge in [-0.1, -0.05) is 60.7 Å². The van der Waals surface area contributed by atoms with E-state index in [-0.39, 0.29) is 12.1 Å². The lowest BCUT2D eigenvalue weighted by molar-refractivity contribution is -0.138. The van der Waals surface area contributed by atoms with Gasteiger partial charge in [0.2, 0.25) is 0 Å². The average molecular weight is 534 g/mol. The van der Waals surface area contributed by atoms with E-state index in [1.54, 1.807) is 35.6 Å². The zero-order valence-electron chi connectivity index (χ0n) is 20.5. The second kappa shape index (κ2) is 12.4. The highest BCUT2D eigenvalue weighted by Crippen LogP contribution is 2.32. The molecule has 0 fully saturated rings. The zero-order valence-corrected chi connectivity index (χ0v) is 21.3. The maximum Gasteiger partial charge on any atom is 0.416 e. The number of nitrogens with zero attached hydrogens (tertiary/aromatic N) is 4. The summed E-state index contributed by atoms with van der Waals surface area (Å²) in [4.78, 5) is 6.04. The lowest BCUT2D eigenvalue weighted by Gasteiger charge is -2.27. The predicted molar refractivity (Wildman–Crippen MR) is 144 cm³/mol. The van der Waals surface area contributed by atoms with Crippen LogP contribution in [-0.2, 0) is 32.2 Å². The Bertz CT molecular complexity index is 1390. The zero-order chi connectivity index (χ0) is 27.0. The molecule has 0 radical (unpaired) electrons. The second-order valence-electron chi connectivity index (χ2n) is 8.79. The Morgan fingerprint density at radius 1 is 0.974 bits per heavy atom. The van der Waals surface area contributed by atoms with Crippen LogP contribution in [0.1, 0.15) is 33.5 Å². The molecule has 0 aliphatic carbocycles. The molecular formula is C29H26F3N5S. The highest BCUT2D eigenvalue weighted by atomic mass is 32.1. The van der Waals surface area contributed by atoms with Crippen LogP contribution < -0.4 is 5.32 Å². The van der Waals surface area contributed by atoms with Crippen molar-refractivity contribution in [2.75, 3.05) is 6.54 Å². The number of halogens is 3. The van der Waals surface area contributed by atoms with Crippen LogP contribution in [0.15, 0.2) is 91.4 Å².